The van der Waals surface area contributed by atoms with Crippen molar-refractivity contribution in [2.24, 2.45) is 29.6 Å². The van der Waals surface area contributed by atoms with Gasteiger partial charge in [0.15, 0.2) is 11.5 Å². The number of aliphatic carboxylic acids is 1. The van der Waals surface area contributed by atoms with Crippen molar-refractivity contribution in [1.29, 1.82) is 0 Å². The lowest BCUT2D eigenvalue weighted by Gasteiger charge is -2.43. The van der Waals surface area contributed by atoms with Crippen molar-refractivity contribution in [2.75, 3.05) is 13.2 Å². The number of aromatic amines is 1. The second kappa shape index (κ2) is 7.61. The molecular weight excluding hydrogens is 480 g/mol. The highest BCUT2D eigenvalue weighted by Crippen LogP contribution is 2.68. The molecule has 2 aliphatic carbocycles. The summed E-state index contributed by atoms with van der Waals surface area (Å²) in [6.07, 6.45) is 0.724. The first-order valence-corrected chi connectivity index (χ1v) is 12.9. The molecule has 1 aromatic heterocycles. The van der Waals surface area contributed by atoms with Crippen LogP contribution in [0.2, 0.25) is 0 Å². The van der Waals surface area contributed by atoms with Crippen molar-refractivity contribution >= 4 is 40.9 Å². The van der Waals surface area contributed by atoms with Crippen LogP contribution in [0, 0.1) is 29.6 Å². The molecule has 2 aromatic rings. The van der Waals surface area contributed by atoms with Crippen LogP contribution in [-0.4, -0.2) is 56.3 Å². The summed E-state index contributed by atoms with van der Waals surface area (Å²) in [5.41, 5.74) is 0.885. The number of nitrogens with one attached hydrogen (secondary N) is 1. The average molecular weight is 503 g/mol. The molecule has 0 spiro atoms. The van der Waals surface area contributed by atoms with E-state index in [2.05, 4.69) is 4.98 Å². The zero-order chi connectivity index (χ0) is 23.9. The highest BCUT2D eigenvalue weighted by molar-refractivity contribution is 8.00. The Kier molecular flexibility index (Phi) is 4.86. The van der Waals surface area contributed by atoms with Gasteiger partial charge in [-0.25, -0.2) is 0 Å². The number of aromatic hydroxyl groups is 1. The van der Waals surface area contributed by atoms with Crippen LogP contribution in [-0.2, 0) is 14.4 Å². The molecule has 1 aromatic carbocycles. The van der Waals surface area contributed by atoms with Gasteiger partial charge in [-0.1, -0.05) is 17.4 Å². The molecule has 9 nitrogen and oxygen atoms in total. The molecule has 2 amide bonds. The maximum absolute atomic E-state index is 13.2. The first kappa shape index (κ1) is 21.7. The number of thioether (sulfide) groups is 1. The number of carbonyl (C=O) groups is 3. The number of phenols is 1. The first-order valence-electron chi connectivity index (χ1n) is 11.2. The summed E-state index contributed by atoms with van der Waals surface area (Å²) < 4.78 is 5.60. The quantitative estimate of drug-likeness (QED) is 0.529. The van der Waals surface area contributed by atoms with Gasteiger partial charge in [-0.2, -0.15) is 0 Å². The van der Waals surface area contributed by atoms with E-state index >= 15 is 0 Å². The number of carboxylic acids is 1. The number of aromatic nitrogens is 1. The molecule has 0 radical (unpaired) electrons. The molecule has 3 heterocycles. The standard InChI is InChI=1S/C23H22N2O7S2/c1-2-32-12-5-8(3-4-11(12)26)14-15-9-6-10(18(15)33-20-19(14)34-23(31)24-20)17-16(9)21(29)25(22(17)30)7-13(27)28/h3-5,9-10,14-18,26H,2,6-7H2,1H3,(H,24,31)(H,27,28)/t9?,10?,14-,15?,16?,17?,18?/m1/s1. The van der Waals surface area contributed by atoms with Crippen molar-refractivity contribution in [3.63, 3.8) is 0 Å². The van der Waals surface area contributed by atoms with E-state index < -0.39 is 24.3 Å². The van der Waals surface area contributed by atoms with Crippen molar-refractivity contribution < 1.29 is 29.3 Å². The molecule has 2 bridgehead atoms. The summed E-state index contributed by atoms with van der Waals surface area (Å²) in [6.45, 7) is 1.61. The van der Waals surface area contributed by atoms with Crippen LogP contribution in [0.1, 0.15) is 29.7 Å². The minimum atomic E-state index is -1.20. The fourth-order valence-electron chi connectivity index (χ4n) is 6.74. The zero-order valence-corrected chi connectivity index (χ0v) is 19.7. The van der Waals surface area contributed by atoms with Gasteiger partial charge in [0.05, 0.1) is 23.5 Å². The highest BCUT2D eigenvalue weighted by atomic mass is 32.2. The SMILES string of the molecule is CCOc1cc([C@H]2c3sc(=O)[nH]c3SC3C4CC(C5C(=O)N(CC(=O)O)C(=O)C45)C32)ccc1O. The number of imide groups is 1. The third-order valence-electron chi connectivity index (χ3n) is 7.75. The second-order valence-electron chi connectivity index (χ2n) is 9.28. The Morgan fingerprint density at radius 2 is 1.94 bits per heavy atom. The predicted molar refractivity (Wildman–Crippen MR) is 122 cm³/mol. The lowest BCUT2D eigenvalue weighted by molar-refractivity contribution is -0.149. The second-order valence-corrected chi connectivity index (χ2v) is 11.5. The fraction of sp³-hybridized carbons (Fsp3) is 0.478. The lowest BCUT2D eigenvalue weighted by Crippen LogP contribution is -2.42. The summed E-state index contributed by atoms with van der Waals surface area (Å²) in [6, 6.07) is 5.21. The smallest absolute Gasteiger partial charge is 0.323 e. The van der Waals surface area contributed by atoms with Gasteiger partial charge in [-0.15, -0.1) is 11.8 Å². The number of thiazole rings is 1. The molecule has 7 atom stereocenters. The van der Waals surface area contributed by atoms with Crippen molar-refractivity contribution in [1.82, 2.24) is 9.88 Å². The van der Waals surface area contributed by atoms with Gasteiger partial charge >= 0.3 is 10.8 Å². The monoisotopic (exact) mass is 502 g/mol. The largest absolute Gasteiger partial charge is 0.504 e. The highest BCUT2D eigenvalue weighted by Gasteiger charge is 2.69. The Morgan fingerprint density at radius 3 is 2.65 bits per heavy atom. The average Bonchev–Trinajstić information content (AvgIpc) is 3.51. The number of ether oxygens (including phenoxy) is 1. The number of nitrogens with zero attached hydrogens (tertiary/aromatic N) is 1. The predicted octanol–water partition coefficient (Wildman–Crippen LogP) is 2.10. The van der Waals surface area contributed by atoms with Gasteiger partial charge in [-0.3, -0.25) is 24.1 Å². The number of phenolic OH excluding ortho intramolecular Hbond substituents is 1. The minimum Gasteiger partial charge on any atom is -0.504 e. The molecule has 3 N–H and O–H groups in total. The van der Waals surface area contributed by atoms with Crippen LogP contribution >= 0.6 is 23.1 Å². The Balaban J connectivity index is 1.45. The van der Waals surface area contributed by atoms with Gasteiger partial charge in [0.25, 0.3) is 0 Å². The molecule has 34 heavy (non-hydrogen) atoms. The maximum Gasteiger partial charge on any atom is 0.323 e. The Bertz CT molecular complexity index is 1290. The molecule has 6 unspecified atom stereocenters. The Hall–Kier alpha value is -2.79. The number of carbonyl (C=O) groups excluding carboxylic acids is 2. The van der Waals surface area contributed by atoms with E-state index in [9.17, 15) is 29.4 Å². The van der Waals surface area contributed by atoms with E-state index in [0.717, 1.165) is 38.1 Å². The van der Waals surface area contributed by atoms with E-state index in [-0.39, 0.29) is 51.4 Å². The molecule has 1 saturated heterocycles. The summed E-state index contributed by atoms with van der Waals surface area (Å²) in [4.78, 5) is 54.5. The number of likely N-dealkylation sites (tertiary alicyclic amines) is 1. The van der Waals surface area contributed by atoms with E-state index in [1.54, 1.807) is 23.9 Å². The molecule has 6 rings (SSSR count). The Morgan fingerprint density at radius 1 is 1.21 bits per heavy atom. The Labute approximate surface area is 202 Å². The number of fused-ring (bicyclic) bond motifs is 9. The number of amides is 2. The summed E-state index contributed by atoms with van der Waals surface area (Å²) in [7, 11) is 0. The molecule has 4 aliphatic rings. The van der Waals surface area contributed by atoms with Crippen molar-refractivity contribution in [2.45, 2.75) is 29.5 Å². The summed E-state index contributed by atoms with van der Waals surface area (Å²) in [5, 5.41) is 20.2. The minimum absolute atomic E-state index is 0.00394. The van der Waals surface area contributed by atoms with Gasteiger partial charge in [0, 0.05) is 16.0 Å². The van der Waals surface area contributed by atoms with Crippen LogP contribution < -0.4 is 9.61 Å². The molecule has 11 heteroatoms. The van der Waals surface area contributed by atoms with Crippen LogP contribution in [0.3, 0.4) is 0 Å². The number of hydrogen-bond acceptors (Lipinski definition) is 8. The summed E-state index contributed by atoms with van der Waals surface area (Å²) in [5.74, 6) is -2.97. The number of H-pyrrole nitrogens is 1. The van der Waals surface area contributed by atoms with Crippen LogP contribution in [0.4, 0.5) is 0 Å². The molecule has 2 aliphatic heterocycles. The molecule has 3 fully saturated rings. The molecular formula is C23H22N2O7S2. The van der Waals surface area contributed by atoms with E-state index in [4.69, 9.17) is 4.74 Å². The normalized spacial score (nSPS) is 33.1. The van der Waals surface area contributed by atoms with Gasteiger partial charge in [0.2, 0.25) is 11.8 Å². The number of rotatable bonds is 5. The van der Waals surface area contributed by atoms with Crippen molar-refractivity contribution in [3.8, 4) is 11.5 Å². The molecule has 178 valence electrons. The van der Waals surface area contributed by atoms with Crippen molar-refractivity contribution in [3.05, 3.63) is 38.3 Å². The lowest BCUT2D eigenvalue weighted by atomic mass is 9.68. The van der Waals surface area contributed by atoms with E-state index in [1.165, 1.54) is 0 Å². The van der Waals surface area contributed by atoms with Gasteiger partial charge in [-0.05, 0) is 48.8 Å². The van der Waals surface area contributed by atoms with Gasteiger partial charge in [0.1, 0.15) is 6.54 Å². The first-order chi connectivity index (χ1) is 16.3. The third-order valence-corrected chi connectivity index (χ3v) is 10.3. The van der Waals surface area contributed by atoms with Crippen LogP contribution in [0.5, 0.6) is 11.5 Å². The maximum atomic E-state index is 13.2. The fourth-order valence-corrected chi connectivity index (χ4v) is 9.63. The number of carboxylic acid groups (broad SMARTS) is 1. The topological polar surface area (TPSA) is 137 Å². The van der Waals surface area contributed by atoms with Crippen LogP contribution in [0.15, 0.2) is 28.0 Å². The number of hydrogen-bond donors (Lipinski definition) is 3. The van der Waals surface area contributed by atoms with E-state index in [0.29, 0.717) is 12.4 Å². The molecule has 2 saturated carbocycles. The van der Waals surface area contributed by atoms with Gasteiger partial charge < -0.3 is 19.9 Å². The number of benzene rings is 1. The van der Waals surface area contributed by atoms with Crippen LogP contribution in [0.25, 0.3) is 0 Å². The third kappa shape index (κ3) is 2.92. The zero-order valence-electron chi connectivity index (χ0n) is 18.1. The van der Waals surface area contributed by atoms with E-state index in [1.807, 2.05) is 13.0 Å². The summed E-state index contributed by atoms with van der Waals surface area (Å²) >= 11 is 2.72.